The van der Waals surface area contributed by atoms with Crippen LogP contribution in [0.15, 0.2) is 48.7 Å². The van der Waals surface area contributed by atoms with Crippen molar-refractivity contribution in [2.45, 2.75) is 94.8 Å². The molecule has 4 fully saturated rings. The van der Waals surface area contributed by atoms with E-state index in [9.17, 15) is 9.59 Å². The summed E-state index contributed by atoms with van der Waals surface area (Å²) in [4.78, 5) is 33.5. The van der Waals surface area contributed by atoms with Crippen molar-refractivity contribution >= 4 is 23.2 Å². The fraction of sp³-hybridized carbons (Fsp3) is 0.529. The molecule has 12 heteroatoms. The summed E-state index contributed by atoms with van der Waals surface area (Å²) in [7, 11) is 0. The highest BCUT2D eigenvalue weighted by Crippen LogP contribution is 2.46. The van der Waals surface area contributed by atoms with Crippen LogP contribution in [0.2, 0.25) is 0 Å². The van der Waals surface area contributed by atoms with Crippen LogP contribution in [0.25, 0.3) is 11.0 Å². The number of ether oxygens (including phenoxy) is 5. The number of halogens is 1. The molecule has 246 valence electrons. The topological polar surface area (TPSA) is 130 Å². The van der Waals surface area contributed by atoms with Crippen molar-refractivity contribution in [3.63, 3.8) is 0 Å². The summed E-state index contributed by atoms with van der Waals surface area (Å²) >= 11 is 0. The van der Waals surface area contributed by atoms with Crippen LogP contribution in [0.3, 0.4) is 0 Å². The second-order valence-electron chi connectivity index (χ2n) is 13.5. The molecule has 11 nitrogen and oxygen atoms in total. The van der Waals surface area contributed by atoms with Crippen molar-refractivity contribution in [3.8, 4) is 5.88 Å². The number of pyridine rings is 2. The van der Waals surface area contributed by atoms with E-state index >= 15 is 4.39 Å². The zero-order valence-electron chi connectivity index (χ0n) is 26.5. The van der Waals surface area contributed by atoms with Gasteiger partial charge in [-0.2, -0.15) is 0 Å². The lowest BCUT2D eigenvalue weighted by Crippen LogP contribution is -2.63. The number of alkyl carbamates (subject to hydrolysis) is 2. The first-order valence-electron chi connectivity index (χ1n) is 15.8. The molecule has 1 saturated carbocycles. The van der Waals surface area contributed by atoms with Crippen LogP contribution in [-0.2, 0) is 32.0 Å². The van der Waals surface area contributed by atoms with Crippen molar-refractivity contribution in [3.05, 3.63) is 65.6 Å². The molecule has 0 unspecified atom stereocenters. The molecular weight excluding hydrogens is 595 g/mol. The van der Waals surface area contributed by atoms with Gasteiger partial charge in [0.2, 0.25) is 5.88 Å². The number of aromatic nitrogens is 2. The summed E-state index contributed by atoms with van der Waals surface area (Å²) in [6.07, 6.45) is 3.97. The van der Waals surface area contributed by atoms with E-state index < -0.39 is 29.1 Å². The summed E-state index contributed by atoms with van der Waals surface area (Å²) < 4.78 is 43.8. The van der Waals surface area contributed by atoms with Gasteiger partial charge in [-0.3, -0.25) is 4.98 Å². The van der Waals surface area contributed by atoms with Gasteiger partial charge in [0.25, 0.3) is 0 Å². The molecule has 1 aromatic carbocycles. The molecule has 7 rings (SSSR count). The fourth-order valence-corrected chi connectivity index (χ4v) is 6.23. The lowest BCUT2D eigenvalue weighted by Gasteiger charge is -2.53. The molecule has 0 radical (unpaired) electrons. The maximum atomic E-state index is 15.2. The number of aryl methyl sites for hydroxylation is 1. The summed E-state index contributed by atoms with van der Waals surface area (Å²) in [5, 5.41) is 5.86. The van der Waals surface area contributed by atoms with Crippen molar-refractivity contribution in [2.75, 3.05) is 19.8 Å². The third-order valence-electron chi connectivity index (χ3n) is 8.96. The maximum Gasteiger partial charge on any atom is 0.408 e. The molecule has 2 amide bonds. The Kier molecular flexibility index (Phi) is 9.02. The van der Waals surface area contributed by atoms with Crippen LogP contribution in [-0.4, -0.2) is 70.9 Å². The van der Waals surface area contributed by atoms with Crippen molar-refractivity contribution in [1.29, 1.82) is 0 Å². The minimum atomic E-state index is -0.575. The second kappa shape index (κ2) is 13.0. The standard InChI is InChI=1S/C34H41FN4O7/c1-32(2,3)46-31(41)39-33-13-15-34(16-14-33,45-21-33)12-11-23-24(35)17-36-25-9-10-28(38-29(23)25)43-20-27-26(19-42-27)37-30(40)44-18-22-7-5-4-6-8-22/h4-10,17,26-27H,11-16,18-21H2,1-3H3,(H,37,40)(H,39,41)/t26-,27-,33?,34?/m1/s1. The van der Waals surface area contributed by atoms with E-state index in [1.54, 1.807) is 12.1 Å². The Labute approximate surface area is 267 Å². The fourth-order valence-electron chi connectivity index (χ4n) is 6.23. The third kappa shape index (κ3) is 7.50. The first-order valence-corrected chi connectivity index (χ1v) is 15.8. The van der Waals surface area contributed by atoms with Gasteiger partial charge in [-0.05, 0) is 70.9 Å². The van der Waals surface area contributed by atoms with Gasteiger partial charge in [0, 0.05) is 11.6 Å². The van der Waals surface area contributed by atoms with Gasteiger partial charge in [0.1, 0.15) is 30.7 Å². The van der Waals surface area contributed by atoms with Crippen molar-refractivity contribution in [2.24, 2.45) is 0 Å². The van der Waals surface area contributed by atoms with Gasteiger partial charge in [-0.1, -0.05) is 30.3 Å². The molecule has 5 heterocycles. The highest BCUT2D eigenvalue weighted by Gasteiger charge is 2.50. The summed E-state index contributed by atoms with van der Waals surface area (Å²) in [6, 6.07) is 12.6. The molecule has 3 aromatic rings. The van der Waals surface area contributed by atoms with E-state index in [1.165, 1.54) is 6.20 Å². The van der Waals surface area contributed by atoms with Gasteiger partial charge in [0.05, 0.1) is 47.6 Å². The average molecular weight is 637 g/mol. The number of nitrogens with one attached hydrogen (secondary N) is 2. The number of amides is 2. The van der Waals surface area contributed by atoms with Crippen LogP contribution < -0.4 is 15.4 Å². The molecule has 3 aliphatic heterocycles. The molecule has 2 bridgehead atoms. The van der Waals surface area contributed by atoms with Crippen LogP contribution in [0.1, 0.15) is 64.0 Å². The van der Waals surface area contributed by atoms with Crippen molar-refractivity contribution in [1.82, 2.24) is 20.6 Å². The third-order valence-corrected chi connectivity index (χ3v) is 8.96. The number of fused-ring (bicyclic) bond motifs is 4. The normalized spacial score (nSPS) is 25.4. The Morgan fingerprint density at radius 1 is 1.07 bits per heavy atom. The van der Waals surface area contributed by atoms with Gasteiger partial charge >= 0.3 is 12.2 Å². The number of carbonyl (C=O) groups is 2. The smallest absolute Gasteiger partial charge is 0.408 e. The monoisotopic (exact) mass is 636 g/mol. The number of nitrogens with zero attached hydrogens (tertiary/aromatic N) is 2. The predicted octanol–water partition coefficient (Wildman–Crippen LogP) is 5.38. The quantitative estimate of drug-likeness (QED) is 0.301. The maximum absolute atomic E-state index is 15.2. The Balaban J connectivity index is 1.03. The highest BCUT2D eigenvalue weighted by molar-refractivity contribution is 5.78. The number of hydrogen-bond donors (Lipinski definition) is 2. The van der Waals surface area contributed by atoms with Crippen LogP contribution in [0.5, 0.6) is 5.88 Å². The van der Waals surface area contributed by atoms with Crippen LogP contribution in [0, 0.1) is 5.82 Å². The molecule has 0 spiro atoms. The second-order valence-corrected chi connectivity index (χ2v) is 13.5. The summed E-state index contributed by atoms with van der Waals surface area (Å²) in [5.41, 5.74) is 0.963. The summed E-state index contributed by atoms with van der Waals surface area (Å²) in [5.74, 6) is -0.119. The highest BCUT2D eigenvalue weighted by atomic mass is 19.1. The zero-order chi connectivity index (χ0) is 32.4. The SMILES string of the molecule is CC(C)(C)OC(=O)NC12CCC(CCc3c(F)cnc4ccc(OC[C@H]5OC[C@H]5NC(=O)OCc5ccccc5)nc34)(CC1)OC2. The minimum Gasteiger partial charge on any atom is -0.475 e. The molecule has 1 aliphatic carbocycles. The van der Waals surface area contributed by atoms with E-state index in [-0.39, 0.29) is 31.0 Å². The average Bonchev–Trinajstić information content (AvgIpc) is 3.02. The predicted molar refractivity (Wildman–Crippen MR) is 166 cm³/mol. The molecule has 3 saturated heterocycles. The lowest BCUT2D eigenvalue weighted by atomic mass is 9.69. The van der Waals surface area contributed by atoms with Gasteiger partial charge < -0.3 is 34.3 Å². The van der Waals surface area contributed by atoms with E-state index in [1.807, 2.05) is 51.1 Å². The van der Waals surface area contributed by atoms with Crippen molar-refractivity contribution < 1.29 is 37.7 Å². The Morgan fingerprint density at radius 2 is 1.85 bits per heavy atom. The number of hydrogen-bond acceptors (Lipinski definition) is 9. The lowest BCUT2D eigenvalue weighted by molar-refractivity contribution is -0.163. The molecule has 46 heavy (non-hydrogen) atoms. The molecule has 4 aliphatic rings. The first-order chi connectivity index (χ1) is 22.0. The van der Waals surface area contributed by atoms with Crippen LogP contribution in [0.4, 0.5) is 14.0 Å². The number of rotatable bonds is 10. The van der Waals surface area contributed by atoms with Gasteiger partial charge in [0.15, 0.2) is 0 Å². The zero-order valence-corrected chi connectivity index (χ0v) is 26.5. The van der Waals surface area contributed by atoms with E-state index in [4.69, 9.17) is 23.7 Å². The van der Waals surface area contributed by atoms with E-state index in [0.717, 1.165) is 31.2 Å². The Morgan fingerprint density at radius 3 is 2.52 bits per heavy atom. The Hall–Kier alpha value is -4.03. The van der Waals surface area contributed by atoms with E-state index in [0.29, 0.717) is 48.5 Å². The number of carbonyl (C=O) groups excluding carboxylic acids is 2. The Bertz CT molecular complexity index is 1540. The summed E-state index contributed by atoms with van der Waals surface area (Å²) in [6.45, 7) is 6.58. The van der Waals surface area contributed by atoms with E-state index in [2.05, 4.69) is 20.6 Å². The molecule has 2 N–H and O–H groups in total. The van der Waals surface area contributed by atoms with Gasteiger partial charge in [-0.25, -0.2) is 19.0 Å². The largest absolute Gasteiger partial charge is 0.475 e. The molecule has 2 aromatic heterocycles. The first kappa shape index (κ1) is 31.9. The van der Waals surface area contributed by atoms with Gasteiger partial charge in [-0.15, -0.1) is 0 Å². The molecule has 2 atom stereocenters. The molecular formula is C34H41FN4O7. The van der Waals surface area contributed by atoms with Crippen LogP contribution >= 0.6 is 0 Å². The minimum absolute atomic E-state index is 0.149. The number of benzene rings is 1.